The minimum Gasteiger partial charge on any atom is -0.321 e. The lowest BCUT2D eigenvalue weighted by Crippen LogP contribution is -2.38. The fraction of sp³-hybridized carbons (Fsp3) is 0.350. The van der Waals surface area contributed by atoms with Crippen molar-refractivity contribution in [2.24, 2.45) is 0 Å². The lowest BCUT2D eigenvalue weighted by molar-refractivity contribution is 0.102. The van der Waals surface area contributed by atoms with Crippen molar-refractivity contribution in [1.82, 2.24) is 4.31 Å². The van der Waals surface area contributed by atoms with E-state index >= 15 is 0 Å². The molecule has 144 valence electrons. The zero-order valence-corrected chi connectivity index (χ0v) is 18.2. The number of halogens is 1. The number of rotatable bonds is 5. The monoisotopic (exact) mass is 498 g/mol. The summed E-state index contributed by atoms with van der Waals surface area (Å²) in [6, 6.07) is 13.7. The molecule has 1 saturated carbocycles. The highest BCUT2D eigenvalue weighted by atomic mass is 127. The Labute approximate surface area is 174 Å². The van der Waals surface area contributed by atoms with Crippen LogP contribution in [0.1, 0.15) is 42.5 Å². The summed E-state index contributed by atoms with van der Waals surface area (Å²) in [5, 5.41) is 2.84. The van der Waals surface area contributed by atoms with Crippen molar-refractivity contribution in [3.8, 4) is 0 Å². The normalized spacial score (nSPS) is 15.7. The van der Waals surface area contributed by atoms with Gasteiger partial charge in [-0.1, -0.05) is 37.5 Å². The molecule has 27 heavy (non-hydrogen) atoms. The smallest absolute Gasteiger partial charge is 0.255 e. The maximum atomic E-state index is 13.0. The predicted molar refractivity (Wildman–Crippen MR) is 115 cm³/mol. The van der Waals surface area contributed by atoms with Gasteiger partial charge in [-0.15, -0.1) is 0 Å². The number of benzene rings is 2. The number of para-hydroxylation sites is 1. The van der Waals surface area contributed by atoms with Gasteiger partial charge in [0.15, 0.2) is 0 Å². The molecule has 1 N–H and O–H groups in total. The minimum absolute atomic E-state index is 0.0344. The SMILES string of the molecule is CN(C1CCCCC1)S(=O)(=O)c1cccc(C(=O)Nc2ccccc2I)c1. The molecule has 0 unspecified atom stereocenters. The summed E-state index contributed by atoms with van der Waals surface area (Å²) in [5.74, 6) is -0.323. The largest absolute Gasteiger partial charge is 0.321 e. The molecule has 2 aromatic carbocycles. The molecular formula is C20H23IN2O3S. The topological polar surface area (TPSA) is 66.5 Å². The van der Waals surface area contributed by atoms with E-state index in [9.17, 15) is 13.2 Å². The van der Waals surface area contributed by atoms with Crippen molar-refractivity contribution in [2.75, 3.05) is 12.4 Å². The molecule has 3 rings (SSSR count). The Morgan fingerprint density at radius 2 is 1.78 bits per heavy atom. The summed E-state index contributed by atoms with van der Waals surface area (Å²) in [6.45, 7) is 0. The second-order valence-electron chi connectivity index (χ2n) is 6.77. The first-order chi connectivity index (χ1) is 12.9. The van der Waals surface area contributed by atoms with Crippen molar-refractivity contribution < 1.29 is 13.2 Å². The Morgan fingerprint density at radius 3 is 2.48 bits per heavy atom. The summed E-state index contributed by atoms with van der Waals surface area (Å²) >= 11 is 2.15. The molecule has 1 aliphatic rings. The fourth-order valence-electron chi connectivity index (χ4n) is 3.36. The number of carbonyl (C=O) groups is 1. The van der Waals surface area contributed by atoms with Crippen LogP contribution in [0.3, 0.4) is 0 Å². The van der Waals surface area contributed by atoms with Crippen LogP contribution in [0.15, 0.2) is 53.4 Å². The van der Waals surface area contributed by atoms with Crippen LogP contribution >= 0.6 is 22.6 Å². The van der Waals surface area contributed by atoms with Gasteiger partial charge < -0.3 is 5.32 Å². The van der Waals surface area contributed by atoms with Gasteiger partial charge in [-0.2, -0.15) is 4.31 Å². The number of nitrogens with one attached hydrogen (secondary N) is 1. The lowest BCUT2D eigenvalue weighted by Gasteiger charge is -2.30. The van der Waals surface area contributed by atoms with E-state index in [1.54, 1.807) is 25.2 Å². The third-order valence-corrected chi connectivity index (χ3v) is 7.83. The van der Waals surface area contributed by atoms with Crippen LogP contribution in [-0.2, 0) is 10.0 Å². The van der Waals surface area contributed by atoms with E-state index in [-0.39, 0.29) is 16.8 Å². The molecule has 0 bridgehead atoms. The van der Waals surface area contributed by atoms with Crippen molar-refractivity contribution >= 4 is 44.2 Å². The van der Waals surface area contributed by atoms with E-state index < -0.39 is 10.0 Å². The highest BCUT2D eigenvalue weighted by Gasteiger charge is 2.29. The molecule has 0 radical (unpaired) electrons. The van der Waals surface area contributed by atoms with Crippen molar-refractivity contribution in [2.45, 2.75) is 43.0 Å². The molecule has 0 aliphatic heterocycles. The van der Waals surface area contributed by atoms with Crippen molar-refractivity contribution in [3.63, 3.8) is 0 Å². The van der Waals surface area contributed by atoms with Crippen LogP contribution in [0.25, 0.3) is 0 Å². The third kappa shape index (κ3) is 4.70. The van der Waals surface area contributed by atoms with Crippen molar-refractivity contribution in [3.05, 3.63) is 57.7 Å². The lowest BCUT2D eigenvalue weighted by atomic mass is 9.96. The standard InChI is InChI=1S/C20H23IN2O3S/c1-23(16-9-3-2-4-10-16)27(25,26)17-11-7-8-15(14-17)20(24)22-19-13-6-5-12-18(19)21/h5-8,11-14,16H,2-4,9-10H2,1H3,(H,22,24). The number of anilines is 1. The van der Waals surface area contributed by atoms with Crippen LogP contribution < -0.4 is 5.32 Å². The van der Waals surface area contributed by atoms with E-state index in [0.717, 1.165) is 29.3 Å². The minimum atomic E-state index is -3.62. The number of nitrogens with zero attached hydrogens (tertiary/aromatic N) is 1. The quantitative estimate of drug-likeness (QED) is 0.618. The number of hydrogen-bond donors (Lipinski definition) is 1. The molecule has 0 spiro atoms. The summed E-state index contributed by atoms with van der Waals surface area (Å²) in [4.78, 5) is 12.8. The van der Waals surface area contributed by atoms with Gasteiger partial charge in [-0.3, -0.25) is 4.79 Å². The van der Waals surface area contributed by atoms with Crippen LogP contribution in [-0.4, -0.2) is 31.7 Å². The Kier molecular flexibility index (Phi) is 6.54. The highest BCUT2D eigenvalue weighted by Crippen LogP contribution is 2.27. The summed E-state index contributed by atoms with van der Waals surface area (Å²) < 4.78 is 28.4. The Balaban J connectivity index is 1.82. The maximum Gasteiger partial charge on any atom is 0.255 e. The van der Waals surface area contributed by atoms with Gasteiger partial charge in [0, 0.05) is 22.2 Å². The van der Waals surface area contributed by atoms with E-state index in [1.165, 1.54) is 16.8 Å². The Bertz CT molecular complexity index is 924. The molecule has 0 heterocycles. The van der Waals surface area contributed by atoms with Gasteiger partial charge in [-0.25, -0.2) is 8.42 Å². The molecule has 2 aromatic rings. The van der Waals surface area contributed by atoms with Gasteiger partial charge in [0.25, 0.3) is 5.91 Å². The van der Waals surface area contributed by atoms with Crippen LogP contribution in [0.5, 0.6) is 0 Å². The molecule has 0 aromatic heterocycles. The number of carbonyl (C=O) groups excluding carboxylic acids is 1. The molecular weight excluding hydrogens is 475 g/mol. The van der Waals surface area contributed by atoms with Gasteiger partial charge in [-0.05, 0) is 65.8 Å². The van der Waals surface area contributed by atoms with Gasteiger partial charge in [0.1, 0.15) is 0 Å². The van der Waals surface area contributed by atoms with Crippen LogP contribution in [0, 0.1) is 3.57 Å². The fourth-order valence-corrected chi connectivity index (χ4v) is 5.35. The van der Waals surface area contributed by atoms with Gasteiger partial charge >= 0.3 is 0 Å². The number of amides is 1. The number of sulfonamides is 1. The second kappa shape index (κ2) is 8.70. The Hall–Kier alpha value is -1.45. The maximum absolute atomic E-state index is 13.0. The summed E-state index contributed by atoms with van der Waals surface area (Å²) in [6.07, 6.45) is 5.06. The van der Waals surface area contributed by atoms with Gasteiger partial charge in [0.05, 0.1) is 10.6 Å². The Morgan fingerprint density at radius 1 is 1.07 bits per heavy atom. The first-order valence-corrected chi connectivity index (χ1v) is 11.6. The molecule has 0 atom stereocenters. The van der Waals surface area contributed by atoms with E-state index in [0.29, 0.717) is 11.3 Å². The first-order valence-electron chi connectivity index (χ1n) is 9.03. The zero-order valence-electron chi connectivity index (χ0n) is 15.2. The number of hydrogen-bond acceptors (Lipinski definition) is 3. The first kappa shape index (κ1) is 20.3. The van der Waals surface area contributed by atoms with Crippen LogP contribution in [0.2, 0.25) is 0 Å². The summed E-state index contributed by atoms with van der Waals surface area (Å²) in [7, 11) is -1.98. The molecule has 7 heteroatoms. The predicted octanol–water partition coefficient (Wildman–Crippen LogP) is 4.50. The molecule has 0 saturated heterocycles. The third-order valence-electron chi connectivity index (χ3n) is 4.98. The molecule has 1 aliphatic carbocycles. The molecule has 5 nitrogen and oxygen atoms in total. The van der Waals surface area contributed by atoms with Gasteiger partial charge in [0.2, 0.25) is 10.0 Å². The van der Waals surface area contributed by atoms with Crippen LogP contribution in [0.4, 0.5) is 5.69 Å². The van der Waals surface area contributed by atoms with E-state index in [2.05, 4.69) is 27.9 Å². The average molecular weight is 498 g/mol. The second-order valence-corrected chi connectivity index (χ2v) is 9.93. The zero-order chi connectivity index (χ0) is 19.4. The average Bonchev–Trinajstić information content (AvgIpc) is 2.70. The van der Waals surface area contributed by atoms with Crippen molar-refractivity contribution in [1.29, 1.82) is 0 Å². The molecule has 1 fully saturated rings. The highest BCUT2D eigenvalue weighted by molar-refractivity contribution is 14.1. The summed E-state index contributed by atoms with van der Waals surface area (Å²) in [5.41, 5.74) is 1.03. The van der Waals surface area contributed by atoms with E-state index in [4.69, 9.17) is 0 Å². The molecule has 1 amide bonds. The van der Waals surface area contributed by atoms with E-state index in [1.807, 2.05) is 24.3 Å².